The first-order valence-corrected chi connectivity index (χ1v) is 7.07. The number of aryl methyl sites for hydroxylation is 1. The Bertz CT molecular complexity index is 697. The quantitative estimate of drug-likeness (QED) is 0.368. The van der Waals surface area contributed by atoms with Gasteiger partial charge in [0.25, 0.3) is 0 Å². The van der Waals surface area contributed by atoms with E-state index in [1.165, 1.54) is 7.11 Å². The van der Waals surface area contributed by atoms with Crippen molar-refractivity contribution in [2.75, 3.05) is 7.11 Å². The van der Waals surface area contributed by atoms with E-state index in [4.69, 9.17) is 9.47 Å². The first-order chi connectivity index (χ1) is 11.1. The third-order valence-corrected chi connectivity index (χ3v) is 3.07. The van der Waals surface area contributed by atoms with Crippen LogP contribution in [0.25, 0.3) is 0 Å². The zero-order valence-corrected chi connectivity index (χ0v) is 13.2. The molecule has 5 nitrogen and oxygen atoms in total. The molecule has 0 aliphatic heterocycles. The Balaban J connectivity index is 1.98. The van der Waals surface area contributed by atoms with Crippen LogP contribution in [0.1, 0.15) is 11.1 Å². The number of carbonyl (C=O) groups excluding carboxylic acids is 1. The van der Waals surface area contributed by atoms with Crippen LogP contribution in [-0.2, 0) is 16.2 Å². The van der Waals surface area contributed by atoms with Crippen LogP contribution in [0.15, 0.2) is 60.8 Å². The van der Waals surface area contributed by atoms with E-state index in [9.17, 15) is 4.79 Å². The fraction of sp³-hybridized carbons (Fsp3) is 0.167. The van der Waals surface area contributed by atoms with E-state index in [0.717, 1.165) is 16.9 Å². The highest BCUT2D eigenvalue weighted by Gasteiger charge is 2.10. The van der Waals surface area contributed by atoms with Crippen molar-refractivity contribution < 1.29 is 19.1 Å². The van der Waals surface area contributed by atoms with Crippen LogP contribution in [0.2, 0.25) is 0 Å². The summed E-state index contributed by atoms with van der Waals surface area (Å²) < 4.78 is 11.0. The minimum absolute atomic E-state index is 0.0223. The van der Waals surface area contributed by atoms with Gasteiger partial charge in [-0.05, 0) is 36.2 Å². The number of para-hydroxylation sites is 1. The van der Waals surface area contributed by atoms with Gasteiger partial charge in [-0.3, -0.25) is 10.3 Å². The van der Waals surface area contributed by atoms with E-state index in [1.54, 1.807) is 18.2 Å². The lowest BCUT2D eigenvalue weighted by atomic mass is 10.2. The number of hydrogen-bond donors (Lipinski definition) is 1. The zero-order chi connectivity index (χ0) is 16.7. The first kappa shape index (κ1) is 16.6. The van der Waals surface area contributed by atoms with Crippen LogP contribution in [0.3, 0.4) is 0 Å². The van der Waals surface area contributed by atoms with Gasteiger partial charge >= 0.3 is 5.97 Å². The predicted octanol–water partition coefficient (Wildman–Crippen LogP) is 3.14. The summed E-state index contributed by atoms with van der Waals surface area (Å²) >= 11 is 0. The molecule has 0 saturated carbocycles. The van der Waals surface area contributed by atoms with Crippen molar-refractivity contribution in [3.05, 3.63) is 71.9 Å². The van der Waals surface area contributed by atoms with Crippen molar-refractivity contribution in [3.63, 3.8) is 0 Å². The number of benzene rings is 2. The summed E-state index contributed by atoms with van der Waals surface area (Å²) in [6.07, 6.45) is 0. The van der Waals surface area contributed by atoms with Crippen LogP contribution < -0.4 is 15.0 Å². The summed E-state index contributed by atoms with van der Waals surface area (Å²) in [5.41, 5.74) is 4.32. The standard InChI is InChI=1S/C18H19NO4/c1-13-7-4-5-10-17(13)22-12-15-8-6-9-16(11-15)23-18(20)14(2)19-21-3/h4-11,19H,2,12H2,1,3H3. The summed E-state index contributed by atoms with van der Waals surface area (Å²) in [6.45, 7) is 5.88. The van der Waals surface area contributed by atoms with Crippen LogP contribution >= 0.6 is 0 Å². The fourth-order valence-corrected chi connectivity index (χ4v) is 1.91. The second-order valence-corrected chi connectivity index (χ2v) is 4.88. The van der Waals surface area contributed by atoms with E-state index in [-0.39, 0.29) is 5.70 Å². The molecule has 0 atom stereocenters. The average molecular weight is 313 g/mol. The van der Waals surface area contributed by atoms with Crippen LogP contribution in [-0.4, -0.2) is 13.1 Å². The Morgan fingerprint density at radius 3 is 2.70 bits per heavy atom. The number of nitrogens with one attached hydrogen (secondary N) is 1. The van der Waals surface area contributed by atoms with Gasteiger partial charge in [-0.2, -0.15) is 0 Å². The van der Waals surface area contributed by atoms with Gasteiger partial charge < -0.3 is 9.47 Å². The lowest BCUT2D eigenvalue weighted by Gasteiger charge is -2.11. The number of hydrogen-bond acceptors (Lipinski definition) is 5. The van der Waals surface area contributed by atoms with Gasteiger partial charge in [-0.25, -0.2) is 4.79 Å². The highest BCUT2D eigenvalue weighted by Crippen LogP contribution is 2.20. The van der Waals surface area contributed by atoms with E-state index in [2.05, 4.69) is 16.9 Å². The molecule has 2 aromatic carbocycles. The van der Waals surface area contributed by atoms with Crippen molar-refractivity contribution in [2.24, 2.45) is 0 Å². The first-order valence-electron chi connectivity index (χ1n) is 7.07. The molecule has 120 valence electrons. The maximum atomic E-state index is 11.7. The summed E-state index contributed by atoms with van der Waals surface area (Å²) in [5.74, 6) is 0.635. The fourth-order valence-electron chi connectivity index (χ4n) is 1.91. The molecule has 0 amide bonds. The average Bonchev–Trinajstić information content (AvgIpc) is 2.54. The number of esters is 1. The van der Waals surface area contributed by atoms with Crippen LogP contribution in [0.4, 0.5) is 0 Å². The van der Waals surface area contributed by atoms with Crippen molar-refractivity contribution >= 4 is 5.97 Å². The highest BCUT2D eigenvalue weighted by molar-refractivity contribution is 5.88. The predicted molar refractivity (Wildman–Crippen MR) is 86.9 cm³/mol. The van der Waals surface area contributed by atoms with Gasteiger partial charge in [-0.15, -0.1) is 0 Å². The Hall–Kier alpha value is -2.79. The van der Waals surface area contributed by atoms with Gasteiger partial charge in [0.2, 0.25) is 0 Å². The molecule has 2 aromatic rings. The molecule has 0 aliphatic carbocycles. The molecule has 23 heavy (non-hydrogen) atoms. The Kier molecular flexibility index (Phi) is 5.77. The lowest BCUT2D eigenvalue weighted by molar-refractivity contribution is -0.131. The molecular weight excluding hydrogens is 294 g/mol. The molecule has 0 heterocycles. The molecule has 0 saturated heterocycles. The minimum atomic E-state index is -0.608. The molecule has 2 rings (SSSR count). The number of rotatable bonds is 7. The number of ether oxygens (including phenoxy) is 2. The smallest absolute Gasteiger partial charge is 0.361 e. The maximum Gasteiger partial charge on any atom is 0.361 e. The Morgan fingerprint density at radius 2 is 1.96 bits per heavy atom. The van der Waals surface area contributed by atoms with Crippen molar-refractivity contribution in [3.8, 4) is 11.5 Å². The normalized spacial score (nSPS) is 10.0. The monoisotopic (exact) mass is 313 g/mol. The topological polar surface area (TPSA) is 56.8 Å². The van der Waals surface area contributed by atoms with Crippen molar-refractivity contribution in [1.29, 1.82) is 0 Å². The second kappa shape index (κ2) is 8.00. The molecule has 0 radical (unpaired) electrons. The summed E-state index contributed by atoms with van der Waals surface area (Å²) in [6, 6.07) is 14.9. The third-order valence-electron chi connectivity index (χ3n) is 3.07. The molecule has 0 bridgehead atoms. The lowest BCUT2D eigenvalue weighted by Crippen LogP contribution is -2.22. The third kappa shape index (κ3) is 4.86. The van der Waals surface area contributed by atoms with E-state index < -0.39 is 5.97 Å². The Morgan fingerprint density at radius 1 is 1.17 bits per heavy atom. The summed E-state index contributed by atoms with van der Waals surface area (Å²) in [5, 5.41) is 0. The van der Waals surface area contributed by atoms with Crippen LogP contribution in [0, 0.1) is 6.92 Å². The van der Waals surface area contributed by atoms with Gasteiger partial charge in [0.05, 0.1) is 7.11 Å². The molecule has 0 unspecified atom stereocenters. The zero-order valence-electron chi connectivity index (χ0n) is 13.2. The summed E-state index contributed by atoms with van der Waals surface area (Å²) in [7, 11) is 1.39. The molecule has 0 aliphatic rings. The SMILES string of the molecule is C=C(NOC)C(=O)Oc1cccc(COc2ccccc2C)c1. The minimum Gasteiger partial charge on any atom is -0.489 e. The molecule has 0 spiro atoms. The summed E-state index contributed by atoms with van der Waals surface area (Å²) in [4.78, 5) is 16.4. The van der Waals surface area contributed by atoms with Crippen molar-refractivity contribution in [1.82, 2.24) is 5.48 Å². The molecule has 0 fully saturated rings. The van der Waals surface area contributed by atoms with Gasteiger partial charge in [0.15, 0.2) is 0 Å². The maximum absolute atomic E-state index is 11.7. The number of carbonyl (C=O) groups is 1. The van der Waals surface area contributed by atoms with Crippen LogP contribution in [0.5, 0.6) is 11.5 Å². The van der Waals surface area contributed by atoms with Crippen molar-refractivity contribution in [2.45, 2.75) is 13.5 Å². The second-order valence-electron chi connectivity index (χ2n) is 4.88. The Labute approximate surface area is 135 Å². The van der Waals surface area contributed by atoms with Gasteiger partial charge in [0.1, 0.15) is 23.8 Å². The molecular formula is C18H19NO4. The van der Waals surface area contributed by atoms with E-state index in [1.807, 2.05) is 37.3 Å². The molecule has 0 aromatic heterocycles. The largest absolute Gasteiger partial charge is 0.489 e. The van der Waals surface area contributed by atoms with E-state index in [0.29, 0.717) is 12.4 Å². The molecule has 5 heteroatoms. The van der Waals surface area contributed by atoms with Gasteiger partial charge in [-0.1, -0.05) is 36.9 Å². The van der Waals surface area contributed by atoms with Gasteiger partial charge in [0, 0.05) is 0 Å². The molecule has 1 N–H and O–H groups in total. The van der Waals surface area contributed by atoms with E-state index >= 15 is 0 Å². The number of hydroxylamine groups is 1. The highest BCUT2D eigenvalue weighted by atomic mass is 16.6.